The molecule has 0 saturated heterocycles. The minimum Gasteiger partial charge on any atom is -0.481 e. The van der Waals surface area contributed by atoms with Gasteiger partial charge >= 0.3 is 5.97 Å². The van der Waals surface area contributed by atoms with Crippen LogP contribution in [0.15, 0.2) is 42.5 Å². The molecule has 130 valence electrons. The number of benzene rings is 2. The van der Waals surface area contributed by atoms with E-state index in [-0.39, 0.29) is 5.91 Å². The number of aryl methyl sites for hydroxylation is 1. The van der Waals surface area contributed by atoms with Crippen LogP contribution in [-0.4, -0.2) is 17.0 Å². The first-order valence-corrected chi connectivity index (χ1v) is 8.77. The Hall–Kier alpha value is -2.62. The first-order chi connectivity index (χ1) is 12.0. The second-order valence-corrected chi connectivity index (χ2v) is 6.64. The van der Waals surface area contributed by atoms with Gasteiger partial charge in [0, 0.05) is 11.3 Å². The van der Waals surface area contributed by atoms with Gasteiger partial charge in [0.25, 0.3) is 5.91 Å². The maximum atomic E-state index is 12.7. The molecule has 1 N–H and O–H groups in total. The van der Waals surface area contributed by atoms with E-state index in [0.29, 0.717) is 6.54 Å². The highest BCUT2D eigenvalue weighted by Crippen LogP contribution is 2.30. The molecule has 1 amide bonds. The number of rotatable bonds is 6. The third-order valence-corrected chi connectivity index (χ3v) is 4.87. The lowest BCUT2D eigenvalue weighted by atomic mass is 10.0. The average molecular weight is 337 g/mol. The highest BCUT2D eigenvalue weighted by atomic mass is 16.4. The highest BCUT2D eigenvalue weighted by molar-refractivity contribution is 6.10. The highest BCUT2D eigenvalue weighted by Gasteiger charge is 2.28. The van der Waals surface area contributed by atoms with E-state index >= 15 is 0 Å². The van der Waals surface area contributed by atoms with Gasteiger partial charge in [0.2, 0.25) is 0 Å². The van der Waals surface area contributed by atoms with Gasteiger partial charge < -0.3 is 10.0 Å². The molecule has 1 heterocycles. The molecule has 0 fully saturated rings. The third kappa shape index (κ3) is 3.43. The van der Waals surface area contributed by atoms with Gasteiger partial charge in [0.05, 0.1) is 12.5 Å². The molecule has 1 aliphatic heterocycles. The van der Waals surface area contributed by atoms with Crippen molar-refractivity contribution in [1.82, 2.24) is 0 Å². The van der Waals surface area contributed by atoms with Gasteiger partial charge in [0.1, 0.15) is 0 Å². The molecule has 1 aliphatic rings. The minimum absolute atomic E-state index is 0.0103. The first kappa shape index (κ1) is 17.2. The van der Waals surface area contributed by atoms with Crippen LogP contribution >= 0.6 is 0 Å². The van der Waals surface area contributed by atoms with Crippen molar-refractivity contribution in [2.24, 2.45) is 0 Å². The van der Waals surface area contributed by atoms with Crippen LogP contribution in [0.1, 0.15) is 59.7 Å². The van der Waals surface area contributed by atoms with Crippen LogP contribution in [0.4, 0.5) is 5.69 Å². The summed E-state index contributed by atoms with van der Waals surface area (Å²) < 4.78 is 0. The van der Waals surface area contributed by atoms with E-state index in [4.69, 9.17) is 5.11 Å². The summed E-state index contributed by atoms with van der Waals surface area (Å²) in [6.45, 7) is 4.40. The Labute approximate surface area is 148 Å². The van der Waals surface area contributed by atoms with Crippen LogP contribution in [-0.2, 0) is 17.8 Å². The van der Waals surface area contributed by atoms with Crippen molar-refractivity contribution in [3.8, 4) is 0 Å². The van der Waals surface area contributed by atoms with Crippen molar-refractivity contribution in [1.29, 1.82) is 0 Å². The van der Waals surface area contributed by atoms with Crippen LogP contribution in [0.5, 0.6) is 0 Å². The molecule has 2 aromatic rings. The lowest BCUT2D eigenvalue weighted by Gasteiger charge is -2.16. The molecule has 25 heavy (non-hydrogen) atoms. The van der Waals surface area contributed by atoms with E-state index in [1.807, 2.05) is 24.3 Å². The number of anilines is 1. The molecule has 4 nitrogen and oxygen atoms in total. The fourth-order valence-electron chi connectivity index (χ4n) is 3.20. The number of aliphatic carboxylic acids is 1. The number of carbonyl (C=O) groups is 2. The number of carboxylic acid groups (broad SMARTS) is 1. The van der Waals surface area contributed by atoms with Crippen LogP contribution in [0.25, 0.3) is 0 Å². The zero-order valence-corrected chi connectivity index (χ0v) is 14.7. The topological polar surface area (TPSA) is 57.6 Å². The van der Waals surface area contributed by atoms with E-state index in [0.717, 1.165) is 41.6 Å². The van der Waals surface area contributed by atoms with Crippen LogP contribution in [0.2, 0.25) is 0 Å². The molecule has 0 aromatic heterocycles. The maximum Gasteiger partial charge on any atom is 0.310 e. The second-order valence-electron chi connectivity index (χ2n) is 6.64. The molecule has 0 saturated carbocycles. The molecule has 0 aliphatic carbocycles. The van der Waals surface area contributed by atoms with Crippen LogP contribution in [0, 0.1) is 0 Å². The summed E-state index contributed by atoms with van der Waals surface area (Å²) in [5.74, 6) is -1.39. The van der Waals surface area contributed by atoms with Gasteiger partial charge in [-0.05, 0) is 54.7 Å². The van der Waals surface area contributed by atoms with Gasteiger partial charge in [-0.3, -0.25) is 9.59 Å². The molecule has 0 spiro atoms. The Morgan fingerprint density at radius 3 is 2.56 bits per heavy atom. The number of carboxylic acids is 1. The van der Waals surface area contributed by atoms with Crippen molar-refractivity contribution in [2.75, 3.05) is 4.90 Å². The monoisotopic (exact) mass is 337 g/mol. The van der Waals surface area contributed by atoms with Crippen molar-refractivity contribution in [3.63, 3.8) is 0 Å². The predicted octanol–water partition coefficient (Wildman–Crippen LogP) is 4.38. The number of carbonyl (C=O) groups excluding carboxylic acids is 1. The zero-order valence-electron chi connectivity index (χ0n) is 14.7. The van der Waals surface area contributed by atoms with Crippen molar-refractivity contribution in [2.45, 2.75) is 45.6 Å². The molecule has 1 atom stereocenters. The summed E-state index contributed by atoms with van der Waals surface area (Å²) >= 11 is 0. The summed E-state index contributed by atoms with van der Waals surface area (Å²) in [5, 5.41) is 9.10. The molecule has 0 radical (unpaired) electrons. The lowest BCUT2D eigenvalue weighted by Crippen LogP contribution is -2.23. The van der Waals surface area contributed by atoms with Gasteiger partial charge in [-0.2, -0.15) is 0 Å². The van der Waals surface area contributed by atoms with Crippen molar-refractivity contribution in [3.05, 3.63) is 64.7 Å². The lowest BCUT2D eigenvalue weighted by molar-refractivity contribution is -0.138. The first-order valence-electron chi connectivity index (χ1n) is 8.77. The quantitative estimate of drug-likeness (QED) is 0.851. The van der Waals surface area contributed by atoms with Gasteiger partial charge in [0.15, 0.2) is 0 Å². The molecular weight excluding hydrogens is 314 g/mol. The number of fused-ring (bicyclic) bond motifs is 1. The van der Waals surface area contributed by atoms with E-state index in [1.165, 1.54) is 5.56 Å². The number of amides is 1. The fourth-order valence-corrected chi connectivity index (χ4v) is 3.20. The van der Waals surface area contributed by atoms with Crippen molar-refractivity contribution >= 4 is 17.6 Å². The standard InChI is InChI=1S/C21H23NO3/c1-3-4-5-15-6-11-19-17(12-15)13-22(20(19)23)18-9-7-16(8-10-18)14(2)21(24)25/h6-12,14H,3-5,13H2,1-2H3,(H,24,25). The maximum absolute atomic E-state index is 12.7. The molecule has 0 bridgehead atoms. The van der Waals surface area contributed by atoms with Crippen LogP contribution < -0.4 is 4.90 Å². The summed E-state index contributed by atoms with van der Waals surface area (Å²) in [5.41, 5.74) is 4.66. The molecule has 2 aromatic carbocycles. The second kappa shape index (κ2) is 7.09. The predicted molar refractivity (Wildman–Crippen MR) is 98.1 cm³/mol. The zero-order chi connectivity index (χ0) is 18.0. The van der Waals surface area contributed by atoms with Crippen LogP contribution in [0.3, 0.4) is 0 Å². The molecule has 3 rings (SSSR count). The number of unbranched alkanes of at least 4 members (excludes halogenated alkanes) is 1. The Bertz CT molecular complexity index is 795. The Balaban J connectivity index is 1.80. The van der Waals surface area contributed by atoms with Crippen molar-refractivity contribution < 1.29 is 14.7 Å². The summed E-state index contributed by atoms with van der Waals surface area (Å²) in [6.07, 6.45) is 3.35. The van der Waals surface area contributed by atoms with Gasteiger partial charge in [-0.25, -0.2) is 0 Å². The average Bonchev–Trinajstić information content (AvgIpc) is 2.95. The number of nitrogens with zero attached hydrogens (tertiary/aromatic N) is 1. The molecule has 4 heteroatoms. The number of hydrogen-bond donors (Lipinski definition) is 1. The SMILES string of the molecule is CCCCc1ccc2c(c1)CN(c1ccc(C(C)C(=O)O)cc1)C2=O. The van der Waals surface area contributed by atoms with Gasteiger partial charge in [-0.15, -0.1) is 0 Å². The van der Waals surface area contributed by atoms with E-state index in [2.05, 4.69) is 13.0 Å². The van der Waals surface area contributed by atoms with Gasteiger partial charge in [-0.1, -0.05) is 37.6 Å². The normalized spacial score (nSPS) is 14.5. The molecule has 1 unspecified atom stereocenters. The Kier molecular flexibility index (Phi) is 4.88. The van der Waals surface area contributed by atoms with E-state index < -0.39 is 11.9 Å². The summed E-state index contributed by atoms with van der Waals surface area (Å²) in [7, 11) is 0. The number of hydrogen-bond acceptors (Lipinski definition) is 2. The Morgan fingerprint density at radius 2 is 1.92 bits per heavy atom. The third-order valence-electron chi connectivity index (χ3n) is 4.87. The minimum atomic E-state index is -0.850. The summed E-state index contributed by atoms with van der Waals surface area (Å²) in [6, 6.07) is 13.4. The molecular formula is C21H23NO3. The van der Waals surface area contributed by atoms with E-state index in [1.54, 1.807) is 24.0 Å². The Morgan fingerprint density at radius 1 is 1.20 bits per heavy atom. The summed E-state index contributed by atoms with van der Waals surface area (Å²) in [4.78, 5) is 25.5. The smallest absolute Gasteiger partial charge is 0.310 e. The largest absolute Gasteiger partial charge is 0.481 e. The fraction of sp³-hybridized carbons (Fsp3) is 0.333. The van der Waals surface area contributed by atoms with E-state index in [9.17, 15) is 9.59 Å².